The summed E-state index contributed by atoms with van der Waals surface area (Å²) in [4.78, 5) is 2.61. The molecule has 1 fully saturated rings. The topological polar surface area (TPSA) is 15.3 Å². The SMILES string of the molecule is CNC(CCN1CCCC(C)CC1)c1ccc(Br)cc1Cl. The molecule has 1 N–H and O–H groups in total. The first-order valence-corrected chi connectivity index (χ1v) is 9.12. The summed E-state index contributed by atoms with van der Waals surface area (Å²) in [5.74, 6) is 0.885. The lowest BCUT2D eigenvalue weighted by Gasteiger charge is -2.24. The molecule has 0 amide bonds. The van der Waals surface area contributed by atoms with Gasteiger partial charge < -0.3 is 10.2 Å². The van der Waals surface area contributed by atoms with Gasteiger partial charge in [-0.15, -0.1) is 0 Å². The predicted octanol–water partition coefficient (Wildman–Crippen LogP) is 4.88. The standard InChI is InChI=1S/C17H26BrClN2/c1-13-4-3-9-21(10-7-13)11-8-17(20-2)15-6-5-14(18)12-16(15)19/h5-6,12-13,17,20H,3-4,7-11H2,1-2H3. The van der Waals surface area contributed by atoms with Crippen LogP contribution in [0.3, 0.4) is 0 Å². The Hall–Kier alpha value is -0.0900. The highest BCUT2D eigenvalue weighted by Crippen LogP contribution is 2.28. The van der Waals surface area contributed by atoms with Crippen LogP contribution in [0.2, 0.25) is 5.02 Å². The third-order valence-electron chi connectivity index (χ3n) is 4.53. The summed E-state index contributed by atoms with van der Waals surface area (Å²) in [6.45, 7) is 6.01. The molecule has 0 aromatic heterocycles. The van der Waals surface area contributed by atoms with Crippen molar-refractivity contribution in [2.45, 2.75) is 38.6 Å². The molecule has 21 heavy (non-hydrogen) atoms. The highest BCUT2D eigenvalue weighted by atomic mass is 79.9. The quantitative estimate of drug-likeness (QED) is 0.791. The van der Waals surface area contributed by atoms with Crippen LogP contribution in [-0.4, -0.2) is 31.6 Å². The third-order valence-corrected chi connectivity index (χ3v) is 5.35. The fourth-order valence-corrected chi connectivity index (χ4v) is 3.90. The van der Waals surface area contributed by atoms with Crippen molar-refractivity contribution in [1.29, 1.82) is 0 Å². The number of rotatable bonds is 5. The summed E-state index contributed by atoms with van der Waals surface area (Å²) in [7, 11) is 2.02. The summed E-state index contributed by atoms with van der Waals surface area (Å²) in [6, 6.07) is 6.50. The number of benzene rings is 1. The molecule has 2 nitrogen and oxygen atoms in total. The third kappa shape index (κ3) is 5.24. The first kappa shape index (κ1) is 17.3. The Morgan fingerprint density at radius 3 is 2.90 bits per heavy atom. The molecule has 0 spiro atoms. The van der Waals surface area contributed by atoms with Crippen molar-refractivity contribution in [1.82, 2.24) is 10.2 Å². The van der Waals surface area contributed by atoms with Gasteiger partial charge in [-0.2, -0.15) is 0 Å². The van der Waals surface area contributed by atoms with E-state index in [4.69, 9.17) is 11.6 Å². The van der Waals surface area contributed by atoms with Crippen LogP contribution in [0.1, 0.15) is 44.2 Å². The second-order valence-electron chi connectivity index (χ2n) is 6.17. The van der Waals surface area contributed by atoms with Crippen LogP contribution in [0.25, 0.3) is 0 Å². The van der Waals surface area contributed by atoms with Gasteiger partial charge >= 0.3 is 0 Å². The Labute approximate surface area is 142 Å². The van der Waals surface area contributed by atoms with Crippen LogP contribution in [-0.2, 0) is 0 Å². The monoisotopic (exact) mass is 372 g/mol. The van der Waals surface area contributed by atoms with Gasteiger partial charge in [0.15, 0.2) is 0 Å². The Morgan fingerprint density at radius 1 is 1.38 bits per heavy atom. The van der Waals surface area contributed by atoms with Gasteiger partial charge in [0.1, 0.15) is 0 Å². The number of hydrogen-bond acceptors (Lipinski definition) is 2. The smallest absolute Gasteiger partial charge is 0.0465 e. The molecule has 1 aromatic rings. The van der Waals surface area contributed by atoms with Gasteiger partial charge in [-0.05, 0) is 76.0 Å². The van der Waals surface area contributed by atoms with Crippen molar-refractivity contribution in [2.75, 3.05) is 26.7 Å². The molecule has 2 atom stereocenters. The molecule has 2 rings (SSSR count). The molecule has 118 valence electrons. The maximum atomic E-state index is 6.39. The molecule has 1 heterocycles. The van der Waals surface area contributed by atoms with Crippen LogP contribution in [0.15, 0.2) is 22.7 Å². The summed E-state index contributed by atoms with van der Waals surface area (Å²) < 4.78 is 1.03. The van der Waals surface area contributed by atoms with E-state index >= 15 is 0 Å². The molecule has 4 heteroatoms. The van der Waals surface area contributed by atoms with Gasteiger partial charge in [-0.1, -0.05) is 40.5 Å². The highest BCUT2D eigenvalue weighted by molar-refractivity contribution is 9.10. The fraction of sp³-hybridized carbons (Fsp3) is 0.647. The molecular weight excluding hydrogens is 348 g/mol. The second kappa shape index (κ2) is 8.52. The van der Waals surface area contributed by atoms with Gasteiger partial charge in [0.25, 0.3) is 0 Å². The van der Waals surface area contributed by atoms with Crippen molar-refractivity contribution in [2.24, 2.45) is 5.92 Å². The zero-order chi connectivity index (χ0) is 15.2. The van der Waals surface area contributed by atoms with Gasteiger partial charge in [0.05, 0.1) is 0 Å². The van der Waals surface area contributed by atoms with Crippen molar-refractivity contribution in [3.8, 4) is 0 Å². The fourth-order valence-electron chi connectivity index (χ4n) is 3.10. The van der Waals surface area contributed by atoms with E-state index in [1.54, 1.807) is 0 Å². The van der Waals surface area contributed by atoms with Crippen LogP contribution in [0, 0.1) is 5.92 Å². The van der Waals surface area contributed by atoms with E-state index in [-0.39, 0.29) is 0 Å². The van der Waals surface area contributed by atoms with Gasteiger partial charge in [-0.25, -0.2) is 0 Å². The average Bonchev–Trinajstić information content (AvgIpc) is 2.66. The zero-order valence-corrected chi connectivity index (χ0v) is 15.4. The normalized spacial score (nSPS) is 22.0. The van der Waals surface area contributed by atoms with E-state index in [0.29, 0.717) is 6.04 Å². The number of nitrogens with one attached hydrogen (secondary N) is 1. The molecular formula is C17H26BrClN2. The molecule has 0 radical (unpaired) electrons. The van der Waals surface area contributed by atoms with Crippen LogP contribution < -0.4 is 5.32 Å². The Kier molecular flexibility index (Phi) is 7.00. The highest BCUT2D eigenvalue weighted by Gasteiger charge is 2.17. The van der Waals surface area contributed by atoms with E-state index in [1.165, 1.54) is 37.9 Å². The van der Waals surface area contributed by atoms with Crippen molar-refractivity contribution in [3.05, 3.63) is 33.3 Å². The average molecular weight is 374 g/mol. The van der Waals surface area contributed by atoms with Gasteiger partial charge in [0.2, 0.25) is 0 Å². The molecule has 1 aliphatic rings. The second-order valence-corrected chi connectivity index (χ2v) is 7.50. The first-order valence-electron chi connectivity index (χ1n) is 7.94. The van der Waals surface area contributed by atoms with E-state index in [2.05, 4.69) is 45.2 Å². The lowest BCUT2D eigenvalue weighted by molar-refractivity contribution is 0.265. The van der Waals surface area contributed by atoms with E-state index in [0.717, 1.165) is 28.4 Å². The molecule has 2 unspecified atom stereocenters. The molecule has 0 saturated carbocycles. The minimum Gasteiger partial charge on any atom is -0.313 e. The van der Waals surface area contributed by atoms with E-state index in [9.17, 15) is 0 Å². The summed E-state index contributed by atoms with van der Waals surface area (Å²) in [5, 5.41) is 4.26. The number of hydrogen-bond donors (Lipinski definition) is 1. The summed E-state index contributed by atoms with van der Waals surface area (Å²) in [5.41, 5.74) is 1.20. The predicted molar refractivity (Wildman–Crippen MR) is 95.0 cm³/mol. The lowest BCUT2D eigenvalue weighted by Crippen LogP contribution is -2.29. The van der Waals surface area contributed by atoms with E-state index < -0.39 is 0 Å². The maximum Gasteiger partial charge on any atom is 0.0465 e. The van der Waals surface area contributed by atoms with Crippen LogP contribution >= 0.6 is 27.5 Å². The summed E-state index contributed by atoms with van der Waals surface area (Å²) >= 11 is 9.86. The number of nitrogens with zero attached hydrogens (tertiary/aromatic N) is 1. The minimum atomic E-state index is 0.325. The van der Waals surface area contributed by atoms with Crippen LogP contribution in [0.4, 0.5) is 0 Å². The van der Waals surface area contributed by atoms with Crippen molar-refractivity contribution < 1.29 is 0 Å². The molecule has 1 aromatic carbocycles. The lowest BCUT2D eigenvalue weighted by atomic mass is 10.0. The Morgan fingerprint density at radius 2 is 2.19 bits per heavy atom. The molecule has 1 aliphatic heterocycles. The van der Waals surface area contributed by atoms with Crippen molar-refractivity contribution >= 4 is 27.5 Å². The molecule has 1 saturated heterocycles. The van der Waals surface area contributed by atoms with Gasteiger partial charge in [0, 0.05) is 15.5 Å². The maximum absolute atomic E-state index is 6.39. The van der Waals surface area contributed by atoms with Gasteiger partial charge in [-0.3, -0.25) is 0 Å². The summed E-state index contributed by atoms with van der Waals surface area (Å²) in [6.07, 6.45) is 5.16. The Bertz CT molecular complexity index is 452. The largest absolute Gasteiger partial charge is 0.313 e. The zero-order valence-electron chi connectivity index (χ0n) is 13.0. The molecule has 0 bridgehead atoms. The molecule has 0 aliphatic carbocycles. The Balaban J connectivity index is 1.93. The number of likely N-dealkylation sites (tertiary alicyclic amines) is 1. The minimum absolute atomic E-state index is 0.325. The van der Waals surface area contributed by atoms with Crippen molar-refractivity contribution in [3.63, 3.8) is 0 Å². The van der Waals surface area contributed by atoms with Crippen LogP contribution in [0.5, 0.6) is 0 Å². The van der Waals surface area contributed by atoms with E-state index in [1.807, 2.05) is 13.1 Å². The number of halogens is 2. The first-order chi connectivity index (χ1) is 10.1.